The van der Waals surface area contributed by atoms with Crippen LogP contribution in [0.2, 0.25) is 0 Å². The summed E-state index contributed by atoms with van der Waals surface area (Å²) < 4.78 is 37.1. The number of hydrogen-bond acceptors (Lipinski definition) is 7. The zero-order chi connectivity index (χ0) is 24.7. The van der Waals surface area contributed by atoms with Crippen LogP contribution in [0.1, 0.15) is 43.0 Å². The van der Waals surface area contributed by atoms with Crippen LogP contribution in [-0.2, 0) is 4.79 Å². The van der Waals surface area contributed by atoms with E-state index in [1.807, 2.05) is 13.0 Å². The highest BCUT2D eigenvalue weighted by Gasteiger charge is 2.39. The third kappa shape index (κ3) is 6.86. The van der Waals surface area contributed by atoms with Crippen LogP contribution < -0.4 is 10.1 Å². The Kier molecular flexibility index (Phi) is 8.37. The van der Waals surface area contributed by atoms with Gasteiger partial charge in [0, 0.05) is 42.3 Å². The van der Waals surface area contributed by atoms with Crippen molar-refractivity contribution < 1.29 is 32.6 Å². The number of hydrogen-bond donors (Lipinski definition) is 2. The minimum Gasteiger partial charge on any atom is -0.478 e. The maximum absolute atomic E-state index is 13.1. The second-order valence-corrected chi connectivity index (χ2v) is 7.84. The van der Waals surface area contributed by atoms with Crippen LogP contribution in [0.25, 0.3) is 11.4 Å². The molecule has 0 bridgehead atoms. The molecule has 184 valence electrons. The first-order valence-corrected chi connectivity index (χ1v) is 11.0. The lowest BCUT2D eigenvalue weighted by Gasteiger charge is -2.35. The highest BCUT2D eigenvalue weighted by Crippen LogP contribution is 2.32. The largest absolute Gasteiger partial charge is 0.490 e. The molecule has 0 unspecified atom stereocenters. The van der Waals surface area contributed by atoms with E-state index in [-0.39, 0.29) is 5.91 Å². The number of alkyl halides is 3. The lowest BCUT2D eigenvalue weighted by Crippen LogP contribution is -2.47. The summed E-state index contributed by atoms with van der Waals surface area (Å²) in [5, 5.41) is 10.5. The quantitative estimate of drug-likeness (QED) is 0.647. The van der Waals surface area contributed by atoms with Crippen LogP contribution in [0.3, 0.4) is 0 Å². The minimum absolute atomic E-state index is 0.0563. The van der Waals surface area contributed by atoms with Gasteiger partial charge in [0.05, 0.1) is 12.2 Å². The fourth-order valence-corrected chi connectivity index (χ4v) is 3.55. The molecule has 0 aromatic carbocycles. The number of pyridine rings is 1. The minimum atomic E-state index is -5.08. The van der Waals surface area contributed by atoms with Gasteiger partial charge in [0.2, 0.25) is 5.88 Å². The Morgan fingerprint density at radius 2 is 1.65 bits per heavy atom. The number of aliphatic carboxylic acids is 1. The fraction of sp³-hybridized carbons (Fsp3) is 0.500. The van der Waals surface area contributed by atoms with Crippen molar-refractivity contribution in [2.24, 2.45) is 0 Å². The van der Waals surface area contributed by atoms with Crippen molar-refractivity contribution in [3.63, 3.8) is 0 Å². The second-order valence-electron chi connectivity index (χ2n) is 7.84. The molecule has 1 saturated heterocycles. The molecule has 9 nitrogen and oxygen atoms in total. The number of nitrogens with one attached hydrogen (secondary N) is 1. The molecule has 2 aliphatic rings. The molecule has 2 fully saturated rings. The van der Waals surface area contributed by atoms with Gasteiger partial charge in [-0.05, 0) is 51.8 Å². The molecule has 0 radical (unpaired) electrons. The van der Waals surface area contributed by atoms with E-state index in [0.29, 0.717) is 36.0 Å². The first-order valence-electron chi connectivity index (χ1n) is 11.0. The molecule has 1 saturated carbocycles. The SMILES string of the molecule is CCOc1ccc(-c2ncc(C(=O)N(C3CCNCC3)C3CC3)cn2)cn1.O=C(O)C(F)(F)F. The zero-order valence-corrected chi connectivity index (χ0v) is 18.6. The number of nitrogens with zero attached hydrogens (tertiary/aromatic N) is 4. The Labute approximate surface area is 194 Å². The van der Waals surface area contributed by atoms with Gasteiger partial charge in [-0.1, -0.05) is 0 Å². The molecule has 2 N–H and O–H groups in total. The summed E-state index contributed by atoms with van der Waals surface area (Å²) >= 11 is 0. The highest BCUT2D eigenvalue weighted by atomic mass is 19.4. The van der Waals surface area contributed by atoms with Gasteiger partial charge in [-0.3, -0.25) is 4.79 Å². The van der Waals surface area contributed by atoms with Gasteiger partial charge in [0.25, 0.3) is 5.91 Å². The molecule has 1 aliphatic carbocycles. The van der Waals surface area contributed by atoms with Crippen LogP contribution in [0.15, 0.2) is 30.7 Å². The van der Waals surface area contributed by atoms with E-state index < -0.39 is 12.1 Å². The Morgan fingerprint density at radius 1 is 1.06 bits per heavy atom. The van der Waals surface area contributed by atoms with Crippen molar-refractivity contribution in [2.75, 3.05) is 19.7 Å². The number of amides is 1. The zero-order valence-electron chi connectivity index (χ0n) is 18.6. The van der Waals surface area contributed by atoms with E-state index in [4.69, 9.17) is 14.6 Å². The summed E-state index contributed by atoms with van der Waals surface area (Å²) in [7, 11) is 0. The number of carboxylic acid groups (broad SMARTS) is 1. The second kappa shape index (κ2) is 11.2. The molecule has 2 aromatic heterocycles. The predicted octanol–water partition coefficient (Wildman–Crippen LogP) is 2.93. The standard InChI is InChI=1S/C20H25N5O2.C2HF3O2/c1-2-27-18-6-3-14(11-22-18)19-23-12-15(13-24-19)20(26)25(16-4-5-16)17-7-9-21-10-8-17;3-2(4,5)1(6)7/h3,6,11-13,16-17,21H,2,4-5,7-10H2,1H3;(H,6,7). The molecule has 2 aromatic rings. The summed E-state index contributed by atoms with van der Waals surface area (Å²) in [6.07, 6.45) is 4.11. The van der Waals surface area contributed by atoms with Crippen molar-refractivity contribution >= 4 is 11.9 Å². The number of ether oxygens (including phenoxy) is 1. The first kappa shape index (κ1) is 25.3. The van der Waals surface area contributed by atoms with Gasteiger partial charge in [-0.15, -0.1) is 0 Å². The van der Waals surface area contributed by atoms with Crippen LogP contribution >= 0.6 is 0 Å². The van der Waals surface area contributed by atoms with Gasteiger partial charge in [-0.2, -0.15) is 13.2 Å². The monoisotopic (exact) mass is 481 g/mol. The van der Waals surface area contributed by atoms with E-state index in [1.54, 1.807) is 24.7 Å². The van der Waals surface area contributed by atoms with E-state index >= 15 is 0 Å². The first-order chi connectivity index (χ1) is 16.2. The highest BCUT2D eigenvalue weighted by molar-refractivity contribution is 5.94. The van der Waals surface area contributed by atoms with Crippen molar-refractivity contribution in [1.82, 2.24) is 25.2 Å². The number of halogens is 3. The van der Waals surface area contributed by atoms with Gasteiger partial charge in [0.15, 0.2) is 5.82 Å². The van der Waals surface area contributed by atoms with Gasteiger partial charge < -0.3 is 20.1 Å². The van der Waals surface area contributed by atoms with Crippen molar-refractivity contribution in [3.8, 4) is 17.3 Å². The number of piperidine rings is 1. The van der Waals surface area contributed by atoms with Crippen molar-refractivity contribution in [1.29, 1.82) is 0 Å². The lowest BCUT2D eigenvalue weighted by atomic mass is 10.0. The Bertz CT molecular complexity index is 960. The molecule has 0 spiro atoms. The molecule has 4 rings (SSSR count). The Hall–Kier alpha value is -3.28. The lowest BCUT2D eigenvalue weighted by molar-refractivity contribution is -0.192. The number of carboxylic acids is 1. The average molecular weight is 481 g/mol. The van der Waals surface area contributed by atoms with Crippen molar-refractivity contribution in [2.45, 2.75) is 50.9 Å². The molecule has 0 atom stereocenters. The third-order valence-electron chi connectivity index (χ3n) is 5.30. The van der Waals surface area contributed by atoms with Crippen LogP contribution in [-0.4, -0.2) is 74.8 Å². The predicted molar refractivity (Wildman–Crippen MR) is 115 cm³/mol. The van der Waals surface area contributed by atoms with Crippen LogP contribution in [0.4, 0.5) is 13.2 Å². The average Bonchev–Trinajstić information content (AvgIpc) is 3.66. The molecule has 3 heterocycles. The molecular formula is C22H26F3N5O4. The molecule has 12 heteroatoms. The smallest absolute Gasteiger partial charge is 0.478 e. The number of carbonyl (C=O) groups excluding carboxylic acids is 1. The topological polar surface area (TPSA) is 118 Å². The van der Waals surface area contributed by atoms with E-state index in [2.05, 4.69) is 25.2 Å². The summed E-state index contributed by atoms with van der Waals surface area (Å²) in [6, 6.07) is 4.38. The van der Waals surface area contributed by atoms with Crippen molar-refractivity contribution in [3.05, 3.63) is 36.3 Å². The van der Waals surface area contributed by atoms with Gasteiger partial charge in [0.1, 0.15) is 0 Å². The number of carbonyl (C=O) groups is 2. The normalized spacial score (nSPS) is 16.2. The number of aromatic nitrogens is 3. The Balaban J connectivity index is 0.000000406. The molecule has 1 aliphatic heterocycles. The van der Waals surface area contributed by atoms with Crippen LogP contribution in [0.5, 0.6) is 5.88 Å². The van der Waals surface area contributed by atoms with E-state index in [1.165, 1.54) is 0 Å². The van der Waals surface area contributed by atoms with Gasteiger partial charge >= 0.3 is 12.1 Å². The summed E-state index contributed by atoms with van der Waals surface area (Å²) in [4.78, 5) is 37.1. The Morgan fingerprint density at radius 3 is 2.12 bits per heavy atom. The number of rotatable bonds is 6. The molecule has 1 amide bonds. The van der Waals surface area contributed by atoms with Crippen LogP contribution in [0, 0.1) is 0 Å². The summed E-state index contributed by atoms with van der Waals surface area (Å²) in [6.45, 7) is 4.44. The van der Waals surface area contributed by atoms with E-state index in [0.717, 1.165) is 44.3 Å². The maximum Gasteiger partial charge on any atom is 0.490 e. The molecular weight excluding hydrogens is 455 g/mol. The van der Waals surface area contributed by atoms with Gasteiger partial charge in [-0.25, -0.2) is 19.7 Å². The maximum atomic E-state index is 13.1. The third-order valence-corrected chi connectivity index (χ3v) is 5.30. The summed E-state index contributed by atoms with van der Waals surface area (Å²) in [5.41, 5.74) is 1.36. The fourth-order valence-electron chi connectivity index (χ4n) is 3.55. The summed E-state index contributed by atoms with van der Waals surface area (Å²) in [5.74, 6) is -1.56. The van der Waals surface area contributed by atoms with E-state index in [9.17, 15) is 18.0 Å². The molecule has 34 heavy (non-hydrogen) atoms.